The zero-order valence-electron chi connectivity index (χ0n) is 14.5. The Morgan fingerprint density at radius 2 is 2.04 bits per heavy atom. The zero-order chi connectivity index (χ0) is 19.1. The monoisotopic (exact) mass is 384 g/mol. The fraction of sp³-hybridized carbons (Fsp3) is 0.278. The molecule has 138 valence electrons. The van der Waals surface area contributed by atoms with Crippen LogP contribution in [0.15, 0.2) is 29.1 Å². The lowest BCUT2D eigenvalue weighted by Crippen LogP contribution is -2.35. The number of aromatic nitrogens is 2. The van der Waals surface area contributed by atoms with Crippen molar-refractivity contribution in [2.75, 3.05) is 5.43 Å². The number of nitrogens with one attached hydrogen (secondary N) is 1. The van der Waals surface area contributed by atoms with Crippen LogP contribution >= 0.6 is 11.3 Å². The smallest absolute Gasteiger partial charge is 0.267 e. The predicted molar refractivity (Wildman–Crippen MR) is 102 cm³/mol. The third kappa shape index (κ3) is 2.89. The number of carbonyl (C=O) groups excluding carboxylic acids is 1. The summed E-state index contributed by atoms with van der Waals surface area (Å²) < 4.78 is 1.09. The Labute approximate surface area is 157 Å². The molecule has 9 heteroatoms. The van der Waals surface area contributed by atoms with E-state index in [0.717, 1.165) is 35.9 Å². The van der Waals surface area contributed by atoms with Gasteiger partial charge in [0, 0.05) is 10.9 Å². The molecule has 0 radical (unpaired) electrons. The molecule has 0 fully saturated rings. The molecule has 0 saturated heterocycles. The predicted octanol–water partition coefficient (Wildman–Crippen LogP) is 2.94. The molecule has 0 aliphatic heterocycles. The maximum Gasteiger partial charge on any atom is 0.282 e. The van der Waals surface area contributed by atoms with Crippen LogP contribution in [0.25, 0.3) is 10.2 Å². The summed E-state index contributed by atoms with van der Waals surface area (Å²) in [5.74, 6) is -0.393. The highest BCUT2D eigenvalue weighted by Gasteiger charge is 2.24. The largest absolute Gasteiger partial charge is 0.282 e. The van der Waals surface area contributed by atoms with Gasteiger partial charge in [-0.3, -0.25) is 25.1 Å². The third-order valence-electron chi connectivity index (χ3n) is 4.72. The summed E-state index contributed by atoms with van der Waals surface area (Å²) in [6.07, 6.45) is 3.89. The number of thiophene rings is 1. The molecular formula is C18H16N4O4S. The fourth-order valence-electron chi connectivity index (χ4n) is 3.42. The Morgan fingerprint density at radius 3 is 2.81 bits per heavy atom. The van der Waals surface area contributed by atoms with Crippen LogP contribution in [0.2, 0.25) is 0 Å². The molecule has 2 heterocycles. The van der Waals surface area contributed by atoms with Gasteiger partial charge in [0.25, 0.3) is 17.2 Å². The second-order valence-electron chi connectivity index (χ2n) is 6.41. The molecule has 2 aromatic heterocycles. The van der Waals surface area contributed by atoms with Gasteiger partial charge in [-0.15, -0.1) is 11.3 Å². The van der Waals surface area contributed by atoms with Crippen molar-refractivity contribution >= 4 is 33.1 Å². The summed E-state index contributed by atoms with van der Waals surface area (Å²) in [7, 11) is 0. The highest BCUT2D eigenvalue weighted by atomic mass is 32.1. The van der Waals surface area contributed by atoms with E-state index >= 15 is 0 Å². The number of nitro groups is 1. The van der Waals surface area contributed by atoms with Gasteiger partial charge in [-0.2, -0.15) is 0 Å². The molecule has 4 rings (SSSR count). The van der Waals surface area contributed by atoms with Crippen LogP contribution in [0.4, 0.5) is 5.69 Å². The van der Waals surface area contributed by atoms with Crippen LogP contribution in [0.5, 0.6) is 0 Å². The number of benzene rings is 1. The van der Waals surface area contributed by atoms with E-state index in [1.54, 1.807) is 6.92 Å². The molecule has 27 heavy (non-hydrogen) atoms. The number of hydrogen-bond donors (Lipinski definition) is 1. The van der Waals surface area contributed by atoms with Gasteiger partial charge in [0.15, 0.2) is 0 Å². The normalized spacial score (nSPS) is 13.4. The Bertz CT molecular complexity index is 1150. The van der Waals surface area contributed by atoms with Crippen molar-refractivity contribution < 1.29 is 9.72 Å². The third-order valence-corrected chi connectivity index (χ3v) is 5.90. The molecule has 8 nitrogen and oxygen atoms in total. The van der Waals surface area contributed by atoms with Crippen LogP contribution in [0.3, 0.4) is 0 Å². The average molecular weight is 384 g/mol. The molecule has 1 amide bonds. The van der Waals surface area contributed by atoms with E-state index in [4.69, 9.17) is 0 Å². The van der Waals surface area contributed by atoms with Crippen molar-refractivity contribution in [1.29, 1.82) is 0 Å². The fourth-order valence-corrected chi connectivity index (χ4v) is 4.72. The maximum absolute atomic E-state index is 13.0. The number of nitrogens with zero attached hydrogens (tertiary/aromatic N) is 3. The first-order chi connectivity index (χ1) is 13.0. The summed E-state index contributed by atoms with van der Waals surface area (Å²) in [5, 5.41) is 11.7. The average Bonchev–Trinajstić information content (AvgIpc) is 3.03. The highest BCUT2D eigenvalue weighted by Crippen LogP contribution is 2.33. The lowest BCUT2D eigenvalue weighted by Gasteiger charge is -2.13. The summed E-state index contributed by atoms with van der Waals surface area (Å²) in [4.78, 5) is 42.5. The second kappa shape index (κ2) is 6.58. The quantitative estimate of drug-likeness (QED) is 0.552. The van der Waals surface area contributed by atoms with E-state index < -0.39 is 10.8 Å². The van der Waals surface area contributed by atoms with E-state index in [-0.39, 0.29) is 16.8 Å². The Balaban J connectivity index is 1.80. The summed E-state index contributed by atoms with van der Waals surface area (Å²) in [6, 6.07) is 5.62. The van der Waals surface area contributed by atoms with E-state index in [2.05, 4.69) is 10.4 Å². The SMILES string of the molecule is Cc1nc2sc3c(c2c(=O)n1NC(=O)c1ccccc1[N+](=O)[O-])CCCC3. The first kappa shape index (κ1) is 17.3. The van der Waals surface area contributed by atoms with Crippen LogP contribution in [0, 0.1) is 17.0 Å². The van der Waals surface area contributed by atoms with Crippen molar-refractivity contribution in [1.82, 2.24) is 9.66 Å². The highest BCUT2D eigenvalue weighted by molar-refractivity contribution is 7.18. The van der Waals surface area contributed by atoms with Crippen molar-refractivity contribution in [3.8, 4) is 0 Å². The minimum atomic E-state index is -0.724. The molecule has 3 aromatic rings. The van der Waals surface area contributed by atoms with Crippen molar-refractivity contribution in [2.24, 2.45) is 0 Å². The first-order valence-corrected chi connectivity index (χ1v) is 9.37. The molecule has 0 spiro atoms. The number of rotatable bonds is 3. The summed E-state index contributed by atoms with van der Waals surface area (Å²) in [5.41, 5.74) is 2.73. The molecule has 0 atom stereocenters. The van der Waals surface area contributed by atoms with Gasteiger partial charge < -0.3 is 0 Å². The molecule has 1 aliphatic carbocycles. The van der Waals surface area contributed by atoms with Gasteiger partial charge in [-0.05, 0) is 44.2 Å². The number of carbonyl (C=O) groups is 1. The van der Waals surface area contributed by atoms with Gasteiger partial charge in [-0.25, -0.2) is 9.66 Å². The summed E-state index contributed by atoms with van der Waals surface area (Å²) >= 11 is 1.53. The maximum atomic E-state index is 13.0. The number of amides is 1. The molecule has 0 bridgehead atoms. The first-order valence-electron chi connectivity index (χ1n) is 8.56. The minimum absolute atomic E-state index is 0.110. The lowest BCUT2D eigenvalue weighted by molar-refractivity contribution is -0.385. The number of aryl methyl sites for hydroxylation is 3. The van der Waals surface area contributed by atoms with Crippen LogP contribution < -0.4 is 11.0 Å². The van der Waals surface area contributed by atoms with Crippen LogP contribution in [-0.2, 0) is 12.8 Å². The molecule has 0 unspecified atom stereocenters. The zero-order valence-corrected chi connectivity index (χ0v) is 15.3. The van der Waals surface area contributed by atoms with Gasteiger partial charge in [-0.1, -0.05) is 12.1 Å². The molecule has 0 saturated carbocycles. The molecule has 1 N–H and O–H groups in total. The van der Waals surface area contributed by atoms with Crippen molar-refractivity contribution in [2.45, 2.75) is 32.6 Å². The number of nitro benzene ring substituents is 1. The number of para-hydroxylation sites is 1. The van der Waals surface area contributed by atoms with Gasteiger partial charge in [0.2, 0.25) is 0 Å². The van der Waals surface area contributed by atoms with Gasteiger partial charge in [0.05, 0.1) is 10.3 Å². The molecule has 1 aromatic carbocycles. The van der Waals surface area contributed by atoms with Crippen molar-refractivity contribution in [3.63, 3.8) is 0 Å². The number of fused-ring (bicyclic) bond motifs is 3. The van der Waals surface area contributed by atoms with E-state index in [1.165, 1.54) is 40.5 Å². The van der Waals surface area contributed by atoms with E-state index in [9.17, 15) is 19.7 Å². The second-order valence-corrected chi connectivity index (χ2v) is 7.49. The number of hydrogen-bond acceptors (Lipinski definition) is 6. The summed E-state index contributed by atoms with van der Waals surface area (Å²) in [6.45, 7) is 1.62. The van der Waals surface area contributed by atoms with Gasteiger partial charge >= 0.3 is 0 Å². The van der Waals surface area contributed by atoms with Crippen LogP contribution in [0.1, 0.15) is 39.5 Å². The van der Waals surface area contributed by atoms with E-state index in [0.29, 0.717) is 16.0 Å². The Hall–Kier alpha value is -3.07. The van der Waals surface area contributed by atoms with Crippen LogP contribution in [-0.4, -0.2) is 20.5 Å². The lowest BCUT2D eigenvalue weighted by atomic mass is 9.97. The van der Waals surface area contributed by atoms with Crippen molar-refractivity contribution in [3.05, 3.63) is 66.6 Å². The minimum Gasteiger partial charge on any atom is -0.267 e. The molecular weight excluding hydrogens is 368 g/mol. The molecule has 1 aliphatic rings. The topological polar surface area (TPSA) is 107 Å². The standard InChI is InChI=1S/C18H16N4O4S/c1-10-19-17-15(12-7-3-5-9-14(12)27-17)18(24)21(10)20-16(23)11-6-2-4-8-13(11)22(25)26/h2,4,6,8H,3,5,7,9H2,1H3,(H,20,23). The van der Waals surface area contributed by atoms with Gasteiger partial charge in [0.1, 0.15) is 16.2 Å². The van der Waals surface area contributed by atoms with E-state index in [1.807, 2.05) is 0 Å². The Kier molecular flexibility index (Phi) is 4.23. The Morgan fingerprint density at radius 1 is 1.30 bits per heavy atom.